The Hall–Kier alpha value is -2.43. The molecule has 1 atom stereocenters. The van der Waals surface area contributed by atoms with Crippen molar-refractivity contribution in [3.05, 3.63) is 71.9 Å². The number of nitrogens with zero attached hydrogens (tertiary/aromatic N) is 3. The summed E-state index contributed by atoms with van der Waals surface area (Å²) in [6, 6.07) is 19.2. The summed E-state index contributed by atoms with van der Waals surface area (Å²) in [7, 11) is 3.97. The van der Waals surface area contributed by atoms with Gasteiger partial charge in [-0.25, -0.2) is 0 Å². The number of fused-ring (bicyclic) bond motifs is 1. The summed E-state index contributed by atoms with van der Waals surface area (Å²) in [5.74, 6) is 1.67. The highest BCUT2D eigenvalue weighted by Crippen LogP contribution is 2.21. The number of para-hydroxylation sites is 1. The van der Waals surface area contributed by atoms with Crippen LogP contribution in [0.3, 0.4) is 0 Å². The number of hydrogen-bond acceptors (Lipinski definition) is 4. The Morgan fingerprint density at radius 3 is 2.77 bits per heavy atom. The lowest BCUT2D eigenvalue weighted by Crippen LogP contribution is -2.40. The van der Waals surface area contributed by atoms with Crippen molar-refractivity contribution in [3.8, 4) is 5.75 Å². The molecule has 0 bridgehead atoms. The average Bonchev–Trinajstić information content (AvgIpc) is 2.78. The van der Waals surface area contributed by atoms with E-state index in [0.29, 0.717) is 0 Å². The maximum Gasteiger partial charge on any atom is 0.118 e. The Labute approximate surface area is 180 Å². The lowest BCUT2D eigenvalue weighted by atomic mass is 9.96. The molecule has 30 heavy (non-hydrogen) atoms. The van der Waals surface area contributed by atoms with Crippen LogP contribution in [0.1, 0.15) is 24.0 Å². The van der Waals surface area contributed by atoms with E-state index in [2.05, 4.69) is 70.4 Å². The van der Waals surface area contributed by atoms with Gasteiger partial charge in [0.1, 0.15) is 5.75 Å². The van der Waals surface area contributed by atoms with Gasteiger partial charge in [0.25, 0.3) is 0 Å². The molecule has 4 nitrogen and oxygen atoms in total. The van der Waals surface area contributed by atoms with Crippen LogP contribution in [-0.2, 0) is 13.0 Å². The van der Waals surface area contributed by atoms with Crippen LogP contribution in [0.25, 0.3) is 10.9 Å². The number of rotatable bonds is 8. The molecule has 2 aromatic carbocycles. The van der Waals surface area contributed by atoms with Crippen LogP contribution in [-0.4, -0.2) is 55.1 Å². The van der Waals surface area contributed by atoms with E-state index in [9.17, 15) is 0 Å². The largest absolute Gasteiger partial charge is 0.497 e. The maximum absolute atomic E-state index is 5.26. The van der Waals surface area contributed by atoms with E-state index in [1.807, 2.05) is 12.3 Å². The Bertz CT molecular complexity index is 935. The van der Waals surface area contributed by atoms with Gasteiger partial charge >= 0.3 is 0 Å². The predicted octanol–water partition coefficient (Wildman–Crippen LogP) is 4.63. The molecule has 0 amide bonds. The molecule has 0 radical (unpaired) electrons. The fourth-order valence-corrected chi connectivity index (χ4v) is 4.67. The quantitative estimate of drug-likeness (QED) is 0.548. The first-order valence-corrected chi connectivity index (χ1v) is 11.1. The van der Waals surface area contributed by atoms with Gasteiger partial charge in [-0.2, -0.15) is 0 Å². The van der Waals surface area contributed by atoms with Crippen molar-refractivity contribution >= 4 is 10.9 Å². The van der Waals surface area contributed by atoms with Crippen molar-refractivity contribution in [1.82, 2.24) is 14.8 Å². The Morgan fingerprint density at radius 2 is 1.93 bits per heavy atom. The van der Waals surface area contributed by atoms with Crippen LogP contribution < -0.4 is 4.74 Å². The van der Waals surface area contributed by atoms with Crippen LogP contribution in [0.5, 0.6) is 5.75 Å². The molecule has 0 aliphatic carbocycles. The van der Waals surface area contributed by atoms with E-state index in [1.165, 1.54) is 42.4 Å². The zero-order chi connectivity index (χ0) is 20.8. The SMILES string of the molecule is COc1ccc(CCN2CCC[C@@H](CN(C)Cc3cccc4cccnc34)C2)cc1. The summed E-state index contributed by atoms with van der Waals surface area (Å²) in [5, 5.41) is 1.23. The molecule has 158 valence electrons. The highest BCUT2D eigenvalue weighted by Gasteiger charge is 2.21. The molecule has 1 fully saturated rings. The Balaban J connectivity index is 1.28. The minimum Gasteiger partial charge on any atom is -0.497 e. The van der Waals surface area contributed by atoms with Gasteiger partial charge < -0.3 is 14.5 Å². The van der Waals surface area contributed by atoms with Crippen LogP contribution in [0.2, 0.25) is 0 Å². The third kappa shape index (κ3) is 5.38. The number of ether oxygens (including phenoxy) is 1. The van der Waals surface area contributed by atoms with Gasteiger partial charge in [-0.05, 0) is 68.1 Å². The molecule has 1 saturated heterocycles. The number of piperidine rings is 1. The third-order valence-electron chi connectivity index (χ3n) is 6.21. The molecule has 1 aliphatic heterocycles. The number of pyridine rings is 1. The molecule has 0 saturated carbocycles. The summed E-state index contributed by atoms with van der Waals surface area (Å²) < 4.78 is 5.26. The van der Waals surface area contributed by atoms with Crippen molar-refractivity contribution in [2.24, 2.45) is 5.92 Å². The minimum atomic E-state index is 0.738. The molecule has 1 aromatic heterocycles. The van der Waals surface area contributed by atoms with Gasteiger partial charge in [0, 0.05) is 37.8 Å². The van der Waals surface area contributed by atoms with E-state index in [1.54, 1.807) is 7.11 Å². The van der Waals surface area contributed by atoms with Crippen molar-refractivity contribution in [1.29, 1.82) is 0 Å². The number of benzene rings is 2. The second-order valence-corrected chi connectivity index (χ2v) is 8.60. The average molecular weight is 404 g/mol. The van der Waals surface area contributed by atoms with Crippen LogP contribution in [0.15, 0.2) is 60.8 Å². The van der Waals surface area contributed by atoms with E-state index < -0.39 is 0 Å². The number of aromatic nitrogens is 1. The molecule has 0 unspecified atom stereocenters. The van der Waals surface area contributed by atoms with E-state index >= 15 is 0 Å². The van der Waals surface area contributed by atoms with E-state index in [4.69, 9.17) is 4.74 Å². The van der Waals surface area contributed by atoms with Crippen molar-refractivity contribution < 1.29 is 4.74 Å². The molecular formula is C26H33N3O. The summed E-state index contributed by atoms with van der Waals surface area (Å²) >= 11 is 0. The predicted molar refractivity (Wildman–Crippen MR) is 124 cm³/mol. The van der Waals surface area contributed by atoms with Gasteiger partial charge in [-0.1, -0.05) is 36.4 Å². The second-order valence-electron chi connectivity index (χ2n) is 8.60. The molecule has 4 rings (SSSR count). The molecule has 1 aliphatic rings. The molecule has 0 spiro atoms. The second kappa shape index (κ2) is 10.1. The van der Waals surface area contributed by atoms with Gasteiger partial charge in [-0.15, -0.1) is 0 Å². The van der Waals surface area contributed by atoms with Crippen LogP contribution >= 0.6 is 0 Å². The summed E-state index contributed by atoms with van der Waals surface area (Å²) in [6.07, 6.45) is 5.63. The zero-order valence-electron chi connectivity index (χ0n) is 18.3. The van der Waals surface area contributed by atoms with Crippen molar-refractivity contribution in [3.63, 3.8) is 0 Å². The standard InChI is InChI=1S/C26H33N3O/c1-28(20-24-8-3-7-23-9-4-15-27-26(23)24)18-22-6-5-16-29(19-22)17-14-21-10-12-25(30-2)13-11-21/h3-4,7-13,15,22H,5-6,14,16-20H2,1-2H3/t22-/m0/s1. The summed E-state index contributed by atoms with van der Waals surface area (Å²) in [6.45, 7) is 5.66. The number of hydrogen-bond donors (Lipinski definition) is 0. The van der Waals surface area contributed by atoms with Crippen LogP contribution in [0, 0.1) is 5.92 Å². The van der Waals surface area contributed by atoms with Crippen molar-refractivity contribution in [2.75, 3.05) is 40.3 Å². The monoisotopic (exact) mass is 403 g/mol. The van der Waals surface area contributed by atoms with Gasteiger partial charge in [0.15, 0.2) is 0 Å². The highest BCUT2D eigenvalue weighted by molar-refractivity contribution is 5.81. The fourth-order valence-electron chi connectivity index (χ4n) is 4.67. The third-order valence-corrected chi connectivity index (χ3v) is 6.21. The first kappa shape index (κ1) is 20.8. The van der Waals surface area contributed by atoms with Gasteiger partial charge in [-0.3, -0.25) is 4.98 Å². The lowest BCUT2D eigenvalue weighted by molar-refractivity contribution is 0.142. The highest BCUT2D eigenvalue weighted by atomic mass is 16.5. The van der Waals surface area contributed by atoms with E-state index in [-0.39, 0.29) is 0 Å². The first-order chi connectivity index (χ1) is 14.7. The Morgan fingerprint density at radius 1 is 1.10 bits per heavy atom. The van der Waals surface area contributed by atoms with Gasteiger partial charge in [0.2, 0.25) is 0 Å². The Kier molecular flexibility index (Phi) is 6.98. The smallest absolute Gasteiger partial charge is 0.118 e. The van der Waals surface area contributed by atoms with E-state index in [0.717, 1.165) is 43.2 Å². The summed E-state index contributed by atoms with van der Waals surface area (Å²) in [4.78, 5) is 9.73. The fraction of sp³-hybridized carbons (Fsp3) is 0.423. The summed E-state index contributed by atoms with van der Waals surface area (Å²) in [5.41, 5.74) is 3.85. The van der Waals surface area contributed by atoms with Crippen molar-refractivity contribution in [2.45, 2.75) is 25.8 Å². The molecule has 0 N–H and O–H groups in total. The maximum atomic E-state index is 5.26. The molecular weight excluding hydrogens is 370 g/mol. The minimum absolute atomic E-state index is 0.738. The normalized spacial score (nSPS) is 17.5. The number of methoxy groups -OCH3 is 1. The first-order valence-electron chi connectivity index (χ1n) is 11.1. The zero-order valence-corrected chi connectivity index (χ0v) is 18.3. The molecule has 2 heterocycles. The molecule has 4 heteroatoms. The van der Waals surface area contributed by atoms with Crippen LogP contribution in [0.4, 0.5) is 0 Å². The van der Waals surface area contributed by atoms with Gasteiger partial charge in [0.05, 0.1) is 12.6 Å². The number of likely N-dealkylation sites (tertiary alicyclic amines) is 1. The molecule has 3 aromatic rings. The lowest BCUT2D eigenvalue weighted by Gasteiger charge is -2.35. The topological polar surface area (TPSA) is 28.6 Å².